The van der Waals surface area contributed by atoms with E-state index in [1.54, 1.807) is 15.9 Å². The molecule has 1 unspecified atom stereocenters. The molecule has 1 aliphatic rings. The molecule has 4 aromatic rings. The van der Waals surface area contributed by atoms with Crippen LogP contribution < -0.4 is 0 Å². The van der Waals surface area contributed by atoms with Crippen molar-refractivity contribution in [2.24, 2.45) is 0 Å². The summed E-state index contributed by atoms with van der Waals surface area (Å²) in [5.41, 5.74) is 2.42. The van der Waals surface area contributed by atoms with Crippen LogP contribution in [0.5, 0.6) is 0 Å². The number of hydrogen-bond acceptors (Lipinski definition) is 6. The van der Waals surface area contributed by atoms with Crippen molar-refractivity contribution in [2.45, 2.75) is 13.0 Å². The number of ether oxygens (including phenoxy) is 1. The third-order valence-corrected chi connectivity index (χ3v) is 5.69. The number of aromatic nitrogens is 4. The molecular formula is C19H17N5O2S. The van der Waals surface area contributed by atoms with Crippen LogP contribution in [0.15, 0.2) is 42.0 Å². The predicted molar refractivity (Wildman–Crippen MR) is 102 cm³/mol. The molecular weight excluding hydrogens is 362 g/mol. The van der Waals surface area contributed by atoms with E-state index in [0.29, 0.717) is 31.0 Å². The minimum atomic E-state index is -0.265. The van der Waals surface area contributed by atoms with Crippen molar-refractivity contribution in [1.29, 1.82) is 0 Å². The zero-order chi connectivity index (χ0) is 18.4. The lowest BCUT2D eigenvalue weighted by Crippen LogP contribution is -2.42. The van der Waals surface area contributed by atoms with E-state index in [2.05, 4.69) is 15.1 Å². The first-order valence-electron chi connectivity index (χ1n) is 8.74. The molecule has 7 nitrogen and oxygen atoms in total. The Morgan fingerprint density at radius 1 is 1.30 bits per heavy atom. The van der Waals surface area contributed by atoms with Crippen molar-refractivity contribution >= 4 is 33.1 Å². The number of thiophene rings is 1. The summed E-state index contributed by atoms with van der Waals surface area (Å²) >= 11 is 1.68. The number of aryl methyl sites for hydroxylation is 1. The summed E-state index contributed by atoms with van der Waals surface area (Å²) in [7, 11) is 0. The summed E-state index contributed by atoms with van der Waals surface area (Å²) in [6, 6.07) is 9.86. The van der Waals surface area contributed by atoms with Crippen molar-refractivity contribution in [1.82, 2.24) is 24.5 Å². The number of hydrogen-bond donors (Lipinski definition) is 0. The lowest BCUT2D eigenvalue weighted by Gasteiger charge is -2.33. The van der Waals surface area contributed by atoms with Crippen LogP contribution in [0.3, 0.4) is 0 Å². The van der Waals surface area contributed by atoms with Gasteiger partial charge in [-0.2, -0.15) is 14.6 Å². The minimum absolute atomic E-state index is 0.0250. The van der Waals surface area contributed by atoms with E-state index in [4.69, 9.17) is 4.74 Å². The Kier molecular flexibility index (Phi) is 3.87. The van der Waals surface area contributed by atoms with E-state index < -0.39 is 0 Å². The molecule has 136 valence electrons. The Hall–Kier alpha value is -2.84. The van der Waals surface area contributed by atoms with Gasteiger partial charge in [-0.15, -0.1) is 11.3 Å². The molecule has 0 N–H and O–H groups in total. The molecule has 0 saturated carbocycles. The fourth-order valence-electron chi connectivity index (χ4n) is 3.48. The lowest BCUT2D eigenvalue weighted by atomic mass is 10.1. The molecule has 0 radical (unpaired) electrons. The van der Waals surface area contributed by atoms with Gasteiger partial charge in [-0.05, 0) is 48.0 Å². The van der Waals surface area contributed by atoms with Crippen LogP contribution in [0.1, 0.15) is 27.8 Å². The van der Waals surface area contributed by atoms with Gasteiger partial charge in [0.2, 0.25) is 0 Å². The van der Waals surface area contributed by atoms with Gasteiger partial charge in [-0.1, -0.05) is 0 Å². The Morgan fingerprint density at radius 3 is 3.15 bits per heavy atom. The van der Waals surface area contributed by atoms with Crippen LogP contribution in [0.4, 0.5) is 0 Å². The largest absolute Gasteiger partial charge is 0.368 e. The highest BCUT2D eigenvalue weighted by Crippen LogP contribution is 2.26. The number of carbonyl (C=O) groups is 1. The molecule has 1 amide bonds. The summed E-state index contributed by atoms with van der Waals surface area (Å²) in [5.74, 6) is 0.567. The maximum atomic E-state index is 13.0. The van der Waals surface area contributed by atoms with Crippen molar-refractivity contribution in [3.05, 3.63) is 59.0 Å². The van der Waals surface area contributed by atoms with Crippen LogP contribution in [0.25, 0.3) is 15.9 Å². The molecule has 1 saturated heterocycles. The Balaban J connectivity index is 1.44. The van der Waals surface area contributed by atoms with Crippen LogP contribution in [-0.4, -0.2) is 50.1 Å². The smallest absolute Gasteiger partial charge is 0.254 e. The fourth-order valence-corrected chi connectivity index (χ4v) is 4.25. The van der Waals surface area contributed by atoms with E-state index in [1.165, 1.54) is 11.0 Å². The maximum Gasteiger partial charge on any atom is 0.254 e. The normalized spacial score (nSPS) is 17.7. The molecule has 1 aromatic carbocycles. The first-order chi connectivity index (χ1) is 13.2. The van der Waals surface area contributed by atoms with Crippen molar-refractivity contribution in [3.8, 4) is 0 Å². The number of benzene rings is 1. The van der Waals surface area contributed by atoms with Gasteiger partial charge in [0.15, 0.2) is 0 Å². The molecule has 8 heteroatoms. The summed E-state index contributed by atoms with van der Waals surface area (Å²) in [6.45, 7) is 3.44. The van der Waals surface area contributed by atoms with E-state index in [-0.39, 0.29) is 12.0 Å². The second-order valence-corrected chi connectivity index (χ2v) is 7.53. The molecule has 1 fully saturated rings. The lowest BCUT2D eigenvalue weighted by molar-refractivity contribution is -0.0257. The van der Waals surface area contributed by atoms with E-state index in [0.717, 1.165) is 16.8 Å². The van der Waals surface area contributed by atoms with E-state index in [1.807, 2.05) is 47.5 Å². The predicted octanol–water partition coefficient (Wildman–Crippen LogP) is 2.86. The number of fused-ring (bicyclic) bond motifs is 2. The van der Waals surface area contributed by atoms with Crippen molar-refractivity contribution < 1.29 is 9.53 Å². The maximum absolute atomic E-state index is 13.0. The standard InChI is InChI=1S/C19H17N5O2S/c1-12-8-15(24-19(22-12)20-11-21-24)16-10-23(5-6-26-16)18(25)14-2-3-17-13(9-14)4-7-27-17/h2-4,7-9,11,16H,5-6,10H2,1H3. The van der Waals surface area contributed by atoms with Gasteiger partial charge in [0.1, 0.15) is 12.4 Å². The topological polar surface area (TPSA) is 72.6 Å². The van der Waals surface area contributed by atoms with Crippen molar-refractivity contribution in [3.63, 3.8) is 0 Å². The van der Waals surface area contributed by atoms with Crippen LogP contribution >= 0.6 is 11.3 Å². The number of morpholine rings is 1. The van der Waals surface area contributed by atoms with Gasteiger partial charge in [-0.3, -0.25) is 4.79 Å². The van der Waals surface area contributed by atoms with E-state index >= 15 is 0 Å². The highest BCUT2D eigenvalue weighted by Gasteiger charge is 2.28. The average Bonchev–Trinajstić information content (AvgIpc) is 3.35. The monoisotopic (exact) mass is 379 g/mol. The van der Waals surface area contributed by atoms with Gasteiger partial charge in [0, 0.05) is 22.5 Å². The van der Waals surface area contributed by atoms with Gasteiger partial charge >= 0.3 is 0 Å². The molecule has 0 spiro atoms. The quantitative estimate of drug-likeness (QED) is 0.535. The summed E-state index contributed by atoms with van der Waals surface area (Å²) in [5, 5.41) is 7.39. The second kappa shape index (κ2) is 6.40. The fraction of sp³-hybridized carbons (Fsp3) is 0.263. The molecule has 1 aliphatic heterocycles. The van der Waals surface area contributed by atoms with Gasteiger partial charge < -0.3 is 9.64 Å². The summed E-state index contributed by atoms with van der Waals surface area (Å²) in [6.07, 6.45) is 1.21. The van der Waals surface area contributed by atoms with Gasteiger partial charge in [0.25, 0.3) is 11.7 Å². The Bertz CT molecular complexity index is 1150. The van der Waals surface area contributed by atoms with Crippen LogP contribution in [-0.2, 0) is 4.74 Å². The zero-order valence-electron chi connectivity index (χ0n) is 14.7. The van der Waals surface area contributed by atoms with Crippen LogP contribution in [0.2, 0.25) is 0 Å². The second-order valence-electron chi connectivity index (χ2n) is 6.58. The zero-order valence-corrected chi connectivity index (χ0v) is 15.5. The third kappa shape index (κ3) is 2.87. The molecule has 0 aliphatic carbocycles. The molecule has 27 heavy (non-hydrogen) atoms. The van der Waals surface area contributed by atoms with Gasteiger partial charge in [0.05, 0.1) is 18.8 Å². The highest BCUT2D eigenvalue weighted by molar-refractivity contribution is 7.17. The highest BCUT2D eigenvalue weighted by atomic mass is 32.1. The summed E-state index contributed by atoms with van der Waals surface area (Å²) < 4.78 is 8.83. The van der Waals surface area contributed by atoms with Crippen LogP contribution in [0, 0.1) is 6.92 Å². The number of rotatable bonds is 2. The minimum Gasteiger partial charge on any atom is -0.368 e. The molecule has 1 atom stereocenters. The molecule has 5 rings (SSSR count). The van der Waals surface area contributed by atoms with E-state index in [9.17, 15) is 4.79 Å². The number of amides is 1. The Morgan fingerprint density at radius 2 is 2.22 bits per heavy atom. The Labute approximate surface area is 159 Å². The average molecular weight is 379 g/mol. The first-order valence-corrected chi connectivity index (χ1v) is 9.62. The number of nitrogens with zero attached hydrogens (tertiary/aromatic N) is 5. The number of carbonyl (C=O) groups excluding carboxylic acids is 1. The van der Waals surface area contributed by atoms with Crippen molar-refractivity contribution in [2.75, 3.05) is 19.7 Å². The third-order valence-electron chi connectivity index (χ3n) is 4.79. The summed E-state index contributed by atoms with van der Waals surface area (Å²) in [4.78, 5) is 23.4. The molecule has 4 heterocycles. The SMILES string of the molecule is Cc1cc(C2CN(C(=O)c3ccc4sccc4c3)CCO2)n2ncnc2n1. The van der Waals surface area contributed by atoms with Gasteiger partial charge in [-0.25, -0.2) is 4.98 Å². The first kappa shape index (κ1) is 16.3. The molecule has 3 aromatic heterocycles. The molecule has 0 bridgehead atoms.